The molecule has 0 bridgehead atoms. The van der Waals surface area contributed by atoms with E-state index >= 15 is 0 Å². The van der Waals surface area contributed by atoms with Crippen LogP contribution in [0.5, 0.6) is 0 Å². The quantitative estimate of drug-likeness (QED) is 0.676. The van der Waals surface area contributed by atoms with Crippen LogP contribution in [-0.4, -0.2) is 16.1 Å². The molecular weight excluding hydrogens is 150 g/mol. The fourth-order valence-corrected chi connectivity index (χ4v) is 1.78. The highest BCUT2D eigenvalue weighted by Crippen LogP contribution is 2.22. The van der Waals surface area contributed by atoms with Crippen molar-refractivity contribution >= 4 is 0 Å². The van der Waals surface area contributed by atoms with Gasteiger partial charge in [-0.1, -0.05) is 0 Å². The molecule has 0 radical (unpaired) electrons. The van der Waals surface area contributed by atoms with Crippen LogP contribution in [0.4, 0.5) is 0 Å². The predicted molar refractivity (Wildman–Crippen MR) is 47.9 cm³/mol. The molecule has 1 N–H and O–H groups in total. The molecule has 1 aliphatic heterocycles. The summed E-state index contributed by atoms with van der Waals surface area (Å²) in [6.45, 7) is 3.19. The molecule has 3 heteroatoms. The lowest BCUT2D eigenvalue weighted by Gasteiger charge is -2.10. The number of hydrogen-bond acceptors (Lipinski definition) is 2. The van der Waals surface area contributed by atoms with Crippen molar-refractivity contribution in [1.29, 1.82) is 0 Å². The molecule has 1 aliphatic rings. The van der Waals surface area contributed by atoms with Gasteiger partial charge in [0.25, 0.3) is 0 Å². The van der Waals surface area contributed by atoms with Gasteiger partial charge in [0.1, 0.15) is 5.82 Å². The van der Waals surface area contributed by atoms with Gasteiger partial charge in [-0.3, -0.25) is 0 Å². The van der Waals surface area contributed by atoms with E-state index < -0.39 is 0 Å². The van der Waals surface area contributed by atoms with Crippen molar-refractivity contribution in [3.8, 4) is 0 Å². The zero-order valence-electron chi connectivity index (χ0n) is 7.67. The van der Waals surface area contributed by atoms with Gasteiger partial charge in [-0.05, 0) is 26.3 Å². The molecule has 1 atom stereocenters. The van der Waals surface area contributed by atoms with Crippen LogP contribution in [0.3, 0.4) is 0 Å². The SMILES string of the molecule is Cc1ncc(C2CCCN2)n1C. The van der Waals surface area contributed by atoms with E-state index in [-0.39, 0.29) is 0 Å². The highest BCUT2D eigenvalue weighted by Gasteiger charge is 2.19. The largest absolute Gasteiger partial charge is 0.334 e. The van der Waals surface area contributed by atoms with Crippen LogP contribution in [0.2, 0.25) is 0 Å². The second-order valence-corrected chi connectivity index (χ2v) is 3.44. The lowest BCUT2D eigenvalue weighted by atomic mass is 10.2. The lowest BCUT2D eigenvalue weighted by Crippen LogP contribution is -2.15. The average molecular weight is 165 g/mol. The Balaban J connectivity index is 2.26. The van der Waals surface area contributed by atoms with E-state index in [0.29, 0.717) is 6.04 Å². The molecule has 0 aromatic carbocycles. The zero-order valence-corrected chi connectivity index (χ0v) is 7.67. The third-order valence-electron chi connectivity index (χ3n) is 2.67. The second-order valence-electron chi connectivity index (χ2n) is 3.44. The van der Waals surface area contributed by atoms with Crippen molar-refractivity contribution in [2.24, 2.45) is 7.05 Å². The van der Waals surface area contributed by atoms with Crippen molar-refractivity contribution in [2.75, 3.05) is 6.54 Å². The van der Waals surface area contributed by atoms with Gasteiger partial charge in [-0.25, -0.2) is 4.98 Å². The van der Waals surface area contributed by atoms with Crippen LogP contribution in [0, 0.1) is 6.92 Å². The fourth-order valence-electron chi connectivity index (χ4n) is 1.78. The van der Waals surface area contributed by atoms with Crippen molar-refractivity contribution in [3.63, 3.8) is 0 Å². The molecule has 1 saturated heterocycles. The Morgan fingerprint density at radius 3 is 3.00 bits per heavy atom. The summed E-state index contributed by atoms with van der Waals surface area (Å²) in [5, 5.41) is 3.47. The van der Waals surface area contributed by atoms with Gasteiger partial charge in [0.2, 0.25) is 0 Å². The Kier molecular flexibility index (Phi) is 1.89. The monoisotopic (exact) mass is 165 g/mol. The summed E-state index contributed by atoms with van der Waals surface area (Å²) in [6.07, 6.45) is 4.52. The standard InChI is InChI=1S/C9H15N3/c1-7-11-6-9(12(7)2)8-4-3-5-10-8/h6,8,10H,3-5H2,1-2H3. The first-order valence-electron chi connectivity index (χ1n) is 4.50. The van der Waals surface area contributed by atoms with Crippen LogP contribution in [0.25, 0.3) is 0 Å². The number of aromatic nitrogens is 2. The molecule has 12 heavy (non-hydrogen) atoms. The summed E-state index contributed by atoms with van der Waals surface area (Å²) in [7, 11) is 2.08. The highest BCUT2D eigenvalue weighted by molar-refractivity contribution is 5.10. The van der Waals surface area contributed by atoms with E-state index in [9.17, 15) is 0 Å². The third-order valence-corrected chi connectivity index (χ3v) is 2.67. The van der Waals surface area contributed by atoms with E-state index in [4.69, 9.17) is 0 Å². The summed E-state index contributed by atoms with van der Waals surface area (Å²) in [5.41, 5.74) is 1.32. The van der Waals surface area contributed by atoms with E-state index in [1.54, 1.807) is 0 Å². The number of hydrogen-bond donors (Lipinski definition) is 1. The van der Waals surface area contributed by atoms with E-state index in [2.05, 4.69) is 21.9 Å². The van der Waals surface area contributed by atoms with Crippen LogP contribution < -0.4 is 5.32 Å². The van der Waals surface area contributed by atoms with Gasteiger partial charge < -0.3 is 9.88 Å². The van der Waals surface area contributed by atoms with Gasteiger partial charge in [-0.15, -0.1) is 0 Å². The smallest absolute Gasteiger partial charge is 0.105 e. The Morgan fingerprint density at radius 1 is 1.67 bits per heavy atom. The number of aryl methyl sites for hydroxylation is 1. The molecule has 1 aromatic rings. The Bertz CT molecular complexity index is 271. The van der Waals surface area contributed by atoms with Crippen molar-refractivity contribution in [1.82, 2.24) is 14.9 Å². The highest BCUT2D eigenvalue weighted by atomic mass is 15.1. The number of imidazole rings is 1. The molecule has 66 valence electrons. The molecule has 2 heterocycles. The van der Waals surface area contributed by atoms with Gasteiger partial charge in [-0.2, -0.15) is 0 Å². The molecule has 0 amide bonds. The minimum absolute atomic E-state index is 0.538. The van der Waals surface area contributed by atoms with Crippen LogP contribution in [-0.2, 0) is 7.05 Å². The number of nitrogens with one attached hydrogen (secondary N) is 1. The Labute approximate surface area is 72.8 Å². The molecule has 3 nitrogen and oxygen atoms in total. The summed E-state index contributed by atoms with van der Waals surface area (Å²) in [4.78, 5) is 4.28. The third kappa shape index (κ3) is 1.14. The Morgan fingerprint density at radius 2 is 2.50 bits per heavy atom. The molecule has 0 saturated carbocycles. The molecule has 1 unspecified atom stereocenters. The summed E-state index contributed by atoms with van der Waals surface area (Å²) in [6, 6.07) is 0.538. The first-order chi connectivity index (χ1) is 5.79. The normalized spacial score (nSPS) is 23.3. The average Bonchev–Trinajstić information content (AvgIpc) is 2.64. The molecule has 2 rings (SSSR count). The first kappa shape index (κ1) is 7.80. The molecular formula is C9H15N3. The van der Waals surface area contributed by atoms with E-state index in [0.717, 1.165) is 12.4 Å². The molecule has 1 aromatic heterocycles. The maximum absolute atomic E-state index is 4.28. The predicted octanol–water partition coefficient (Wildman–Crippen LogP) is 1.15. The van der Waals surface area contributed by atoms with Gasteiger partial charge in [0.15, 0.2) is 0 Å². The molecule has 0 aliphatic carbocycles. The minimum Gasteiger partial charge on any atom is -0.334 e. The summed E-state index contributed by atoms with van der Waals surface area (Å²) < 4.78 is 2.17. The van der Waals surface area contributed by atoms with Gasteiger partial charge in [0.05, 0.1) is 11.9 Å². The molecule has 1 fully saturated rings. The van der Waals surface area contributed by atoms with Crippen LogP contribution in [0.1, 0.15) is 30.4 Å². The van der Waals surface area contributed by atoms with E-state index in [1.165, 1.54) is 18.5 Å². The number of nitrogens with zero attached hydrogens (tertiary/aromatic N) is 2. The van der Waals surface area contributed by atoms with Crippen LogP contribution in [0.15, 0.2) is 6.20 Å². The second kappa shape index (κ2) is 2.90. The van der Waals surface area contributed by atoms with Crippen molar-refractivity contribution in [2.45, 2.75) is 25.8 Å². The maximum Gasteiger partial charge on any atom is 0.105 e. The van der Waals surface area contributed by atoms with Crippen LogP contribution >= 0.6 is 0 Å². The molecule has 0 spiro atoms. The summed E-state index contributed by atoms with van der Waals surface area (Å²) in [5.74, 6) is 1.10. The number of rotatable bonds is 1. The lowest BCUT2D eigenvalue weighted by molar-refractivity contribution is 0.595. The van der Waals surface area contributed by atoms with Gasteiger partial charge in [0, 0.05) is 13.1 Å². The van der Waals surface area contributed by atoms with E-state index in [1.807, 2.05) is 13.1 Å². The minimum atomic E-state index is 0.538. The Hall–Kier alpha value is -0.830. The van der Waals surface area contributed by atoms with Crippen molar-refractivity contribution in [3.05, 3.63) is 17.7 Å². The van der Waals surface area contributed by atoms with Crippen molar-refractivity contribution < 1.29 is 0 Å². The zero-order chi connectivity index (χ0) is 8.55. The maximum atomic E-state index is 4.28. The van der Waals surface area contributed by atoms with Gasteiger partial charge >= 0.3 is 0 Å². The summed E-state index contributed by atoms with van der Waals surface area (Å²) >= 11 is 0. The first-order valence-corrected chi connectivity index (χ1v) is 4.50. The topological polar surface area (TPSA) is 29.9 Å². The fraction of sp³-hybridized carbons (Fsp3) is 0.667.